The fraction of sp³-hybridized carbons (Fsp3) is 0.615. The summed E-state index contributed by atoms with van der Waals surface area (Å²) in [5.74, 6) is -1.90. The van der Waals surface area contributed by atoms with Crippen molar-refractivity contribution in [1.29, 1.82) is 0 Å². The summed E-state index contributed by atoms with van der Waals surface area (Å²) in [6.45, 7) is 3.16. The van der Waals surface area contributed by atoms with Crippen LogP contribution in [0.4, 0.5) is 0 Å². The number of guanidine groups is 1. The molecule has 0 rings (SSSR count). The van der Waals surface area contributed by atoms with Crippen LogP contribution in [0.15, 0.2) is 4.99 Å². The number of aliphatic imine (C=N–C) groups is 1. The monoisotopic (exact) mass is 343 g/mol. The van der Waals surface area contributed by atoms with E-state index in [1.807, 2.05) is 0 Å². The molecule has 0 radical (unpaired) electrons. The van der Waals surface area contributed by atoms with Crippen molar-refractivity contribution in [3.63, 3.8) is 0 Å². The number of nitrogens with two attached hydrogens (primary N) is 3. The van der Waals surface area contributed by atoms with Crippen LogP contribution >= 0.6 is 0 Å². The van der Waals surface area contributed by atoms with Crippen molar-refractivity contribution in [2.45, 2.75) is 44.8 Å². The topological polar surface area (TPSA) is 195 Å². The van der Waals surface area contributed by atoms with Gasteiger partial charge in [0.05, 0.1) is 0 Å². The van der Waals surface area contributed by atoms with E-state index >= 15 is 0 Å². The molecule has 0 saturated heterocycles. The van der Waals surface area contributed by atoms with Crippen molar-refractivity contribution in [2.75, 3.05) is 6.54 Å². The zero-order valence-corrected chi connectivity index (χ0v) is 13.7. The highest BCUT2D eigenvalue weighted by atomic mass is 16.2. The Bertz CT molecular complexity index is 491. The van der Waals surface area contributed by atoms with Gasteiger partial charge in [-0.05, 0) is 26.7 Å². The van der Waals surface area contributed by atoms with Gasteiger partial charge in [-0.1, -0.05) is 0 Å². The summed E-state index contributed by atoms with van der Waals surface area (Å²) in [4.78, 5) is 49.3. The van der Waals surface area contributed by atoms with Crippen LogP contribution in [0, 0.1) is 0 Å². The van der Waals surface area contributed by atoms with Gasteiger partial charge < -0.3 is 33.2 Å². The van der Waals surface area contributed by atoms with E-state index in [9.17, 15) is 19.2 Å². The highest BCUT2D eigenvalue weighted by molar-refractivity contribution is 5.92. The van der Waals surface area contributed by atoms with Gasteiger partial charge in [-0.25, -0.2) is 0 Å². The van der Waals surface area contributed by atoms with Crippen LogP contribution in [0.2, 0.25) is 0 Å². The number of nitrogens with one attached hydrogen (secondary N) is 3. The lowest BCUT2D eigenvalue weighted by molar-refractivity contribution is -0.132. The van der Waals surface area contributed by atoms with Crippen LogP contribution < -0.4 is 33.2 Å². The minimum absolute atomic E-state index is 0.0776. The number of carbonyl (C=O) groups excluding carboxylic acids is 4. The van der Waals surface area contributed by atoms with Crippen molar-refractivity contribution >= 4 is 30.1 Å². The molecular formula is C13H25N7O4. The van der Waals surface area contributed by atoms with E-state index < -0.39 is 35.8 Å². The Morgan fingerprint density at radius 3 is 2.17 bits per heavy atom. The molecule has 0 aromatic rings. The van der Waals surface area contributed by atoms with Crippen LogP contribution in [0.3, 0.4) is 0 Å². The molecule has 0 saturated carbocycles. The molecule has 11 nitrogen and oxygen atoms in total. The van der Waals surface area contributed by atoms with Gasteiger partial charge in [0, 0.05) is 6.54 Å². The Morgan fingerprint density at radius 1 is 1.04 bits per heavy atom. The fourth-order valence-corrected chi connectivity index (χ4v) is 1.63. The average Bonchev–Trinajstić information content (AvgIpc) is 2.49. The van der Waals surface area contributed by atoms with Crippen LogP contribution in [0.5, 0.6) is 0 Å². The zero-order chi connectivity index (χ0) is 18.7. The minimum atomic E-state index is -0.926. The molecule has 0 spiro atoms. The lowest BCUT2D eigenvalue weighted by atomic mass is 10.1. The third-order valence-electron chi connectivity index (χ3n) is 3.08. The molecule has 0 aromatic heterocycles. The number of hydrogen-bond donors (Lipinski definition) is 6. The maximum atomic E-state index is 12.2. The molecule has 0 heterocycles. The molecule has 0 aliphatic rings. The minimum Gasteiger partial charge on any atom is -0.370 e. The van der Waals surface area contributed by atoms with E-state index in [0.717, 1.165) is 0 Å². The summed E-state index contributed by atoms with van der Waals surface area (Å²) in [6.07, 6.45) is 1.03. The zero-order valence-electron chi connectivity index (χ0n) is 13.7. The molecule has 3 atom stereocenters. The predicted molar refractivity (Wildman–Crippen MR) is 87.3 cm³/mol. The number of primary amides is 1. The van der Waals surface area contributed by atoms with E-state index in [2.05, 4.69) is 20.9 Å². The summed E-state index contributed by atoms with van der Waals surface area (Å²) in [6, 6.07) is -2.63. The molecule has 4 amide bonds. The third-order valence-corrected chi connectivity index (χ3v) is 3.08. The summed E-state index contributed by atoms with van der Waals surface area (Å²) < 4.78 is 0. The van der Waals surface area contributed by atoms with E-state index in [4.69, 9.17) is 17.2 Å². The molecule has 24 heavy (non-hydrogen) atoms. The number of hydrogen-bond acceptors (Lipinski definition) is 5. The predicted octanol–water partition coefficient (Wildman–Crippen LogP) is -3.35. The first kappa shape index (κ1) is 21.1. The average molecular weight is 343 g/mol. The molecule has 9 N–H and O–H groups in total. The third kappa shape index (κ3) is 8.56. The van der Waals surface area contributed by atoms with Crippen LogP contribution in [-0.4, -0.2) is 54.8 Å². The summed E-state index contributed by atoms with van der Waals surface area (Å²) >= 11 is 0. The molecule has 11 heteroatoms. The highest BCUT2D eigenvalue weighted by Crippen LogP contribution is 2.00. The lowest BCUT2D eigenvalue weighted by Gasteiger charge is -2.21. The van der Waals surface area contributed by atoms with Gasteiger partial charge >= 0.3 is 0 Å². The maximum absolute atomic E-state index is 12.2. The lowest BCUT2D eigenvalue weighted by Crippen LogP contribution is -2.54. The summed E-state index contributed by atoms with van der Waals surface area (Å²) in [5, 5.41) is 7.18. The molecule has 0 aliphatic carbocycles. The first-order valence-corrected chi connectivity index (χ1v) is 7.34. The highest BCUT2D eigenvalue weighted by Gasteiger charge is 2.25. The summed E-state index contributed by atoms with van der Waals surface area (Å²) in [5.41, 5.74) is 15.5. The van der Waals surface area contributed by atoms with Gasteiger partial charge in [0.15, 0.2) is 5.96 Å². The van der Waals surface area contributed by atoms with Crippen LogP contribution in [0.1, 0.15) is 26.7 Å². The maximum Gasteiger partial charge on any atom is 0.243 e. The molecule has 136 valence electrons. The van der Waals surface area contributed by atoms with E-state index in [-0.39, 0.29) is 18.9 Å². The van der Waals surface area contributed by atoms with Crippen molar-refractivity contribution in [3.8, 4) is 0 Å². The van der Waals surface area contributed by atoms with Crippen molar-refractivity contribution < 1.29 is 19.2 Å². The Morgan fingerprint density at radius 2 is 1.67 bits per heavy atom. The van der Waals surface area contributed by atoms with Gasteiger partial charge in [-0.15, -0.1) is 0 Å². The Balaban J connectivity index is 4.83. The van der Waals surface area contributed by atoms with Gasteiger partial charge in [-0.2, -0.15) is 0 Å². The molecule has 0 aliphatic heterocycles. The van der Waals surface area contributed by atoms with Crippen molar-refractivity contribution in [1.82, 2.24) is 16.0 Å². The summed E-state index contributed by atoms with van der Waals surface area (Å²) in [7, 11) is 0. The second kappa shape index (κ2) is 10.8. The Labute approximate surface area is 139 Å². The number of carbonyl (C=O) groups is 4. The SMILES string of the molecule is C[C@H](NC(=O)[C@H](CCCN=C(N)N)NC(=O)[C@H](C)NC=O)C(N)=O. The Hall–Kier alpha value is -2.85. The van der Waals surface area contributed by atoms with E-state index in [0.29, 0.717) is 12.8 Å². The smallest absolute Gasteiger partial charge is 0.243 e. The van der Waals surface area contributed by atoms with Crippen LogP contribution in [-0.2, 0) is 19.2 Å². The largest absolute Gasteiger partial charge is 0.370 e. The van der Waals surface area contributed by atoms with Gasteiger partial charge in [-0.3, -0.25) is 24.2 Å². The van der Waals surface area contributed by atoms with E-state index in [1.165, 1.54) is 13.8 Å². The number of amides is 4. The van der Waals surface area contributed by atoms with Gasteiger partial charge in [0.2, 0.25) is 24.1 Å². The molecular weight excluding hydrogens is 318 g/mol. The second-order valence-electron chi connectivity index (χ2n) is 5.15. The number of nitrogens with zero attached hydrogens (tertiary/aromatic N) is 1. The van der Waals surface area contributed by atoms with Crippen molar-refractivity contribution in [3.05, 3.63) is 0 Å². The molecule has 0 unspecified atom stereocenters. The van der Waals surface area contributed by atoms with E-state index in [1.54, 1.807) is 0 Å². The molecule has 0 aromatic carbocycles. The Kier molecular flexibility index (Phi) is 9.52. The molecule has 0 fully saturated rings. The molecule has 0 bridgehead atoms. The quantitative estimate of drug-likeness (QED) is 0.0980. The normalized spacial score (nSPS) is 13.8. The van der Waals surface area contributed by atoms with Crippen LogP contribution in [0.25, 0.3) is 0 Å². The fourth-order valence-electron chi connectivity index (χ4n) is 1.63. The number of rotatable bonds is 11. The standard InChI is InChI=1S/C13H25N7O4/c1-7(10(14)22)19-12(24)9(4-3-5-17-13(15)16)20-11(23)8(2)18-6-21/h6-9H,3-5H2,1-2H3,(H2,14,22)(H,18,21)(H,19,24)(H,20,23)(H4,15,16,17)/t7-,8-,9-/m0/s1. The second-order valence-corrected chi connectivity index (χ2v) is 5.15. The first-order chi connectivity index (χ1) is 11.2. The first-order valence-electron chi connectivity index (χ1n) is 7.34. The van der Waals surface area contributed by atoms with Crippen molar-refractivity contribution in [2.24, 2.45) is 22.2 Å². The van der Waals surface area contributed by atoms with Gasteiger partial charge in [0.1, 0.15) is 18.1 Å². The van der Waals surface area contributed by atoms with Gasteiger partial charge in [0.25, 0.3) is 0 Å².